The van der Waals surface area contributed by atoms with Crippen molar-refractivity contribution < 1.29 is 4.39 Å². The van der Waals surface area contributed by atoms with E-state index in [1.165, 1.54) is 37.7 Å². The standard InChI is InChI=1S/C42H52FN3/c1-7-31(20-14-11-13-19-30(5)6)38-29-37(35(8-2)42(45-10-4)41(38)40(44)9-3)33-27-32-21-17-18-25-46(34-22-15-12-16-23-34)26-24-36(32)39(43)28-33/h7-10,17,19,25,27-29,34,44H,2-3,11-16,20-24,26H2,1,4-6H3. The summed E-state index contributed by atoms with van der Waals surface area (Å²) >= 11 is 0. The molecule has 2 aliphatic rings. The molecule has 0 bridgehead atoms. The first kappa shape index (κ1) is 34.9. The molecule has 242 valence electrons. The Morgan fingerprint density at radius 2 is 1.89 bits per heavy atom. The molecule has 0 atom stereocenters. The zero-order chi connectivity index (χ0) is 33.1. The summed E-state index contributed by atoms with van der Waals surface area (Å²) in [6.07, 6.45) is 25.3. The molecule has 4 heteroatoms. The molecule has 2 aromatic rings. The molecule has 0 radical (unpaired) electrons. The Morgan fingerprint density at radius 1 is 1.11 bits per heavy atom. The van der Waals surface area contributed by atoms with Crippen LogP contribution < -0.4 is 0 Å². The second-order valence-corrected chi connectivity index (χ2v) is 12.7. The van der Waals surface area contributed by atoms with Crippen LogP contribution in [0.15, 0.2) is 78.2 Å². The summed E-state index contributed by atoms with van der Waals surface area (Å²) in [6.45, 7) is 17.1. The second-order valence-electron chi connectivity index (χ2n) is 12.7. The van der Waals surface area contributed by atoms with E-state index in [0.29, 0.717) is 30.3 Å². The number of nitrogens with zero attached hydrogens (tertiary/aromatic N) is 2. The van der Waals surface area contributed by atoms with Crippen molar-refractivity contribution in [1.82, 2.24) is 4.90 Å². The van der Waals surface area contributed by atoms with E-state index in [-0.39, 0.29) is 5.82 Å². The lowest BCUT2D eigenvalue weighted by atomic mass is 9.84. The zero-order valence-electron chi connectivity index (χ0n) is 28.5. The van der Waals surface area contributed by atoms with Crippen LogP contribution in [0.25, 0.3) is 22.8 Å². The number of rotatable bonds is 12. The summed E-state index contributed by atoms with van der Waals surface area (Å²) in [5.41, 5.74) is 12.8. The van der Waals surface area contributed by atoms with Crippen LogP contribution in [-0.2, 0) is 12.8 Å². The first-order valence-corrected chi connectivity index (χ1v) is 17.1. The van der Waals surface area contributed by atoms with Crippen LogP contribution >= 0.6 is 0 Å². The molecule has 46 heavy (non-hydrogen) atoms. The van der Waals surface area contributed by atoms with E-state index in [1.807, 2.05) is 13.0 Å². The predicted octanol–water partition coefficient (Wildman–Crippen LogP) is 11.7. The zero-order valence-corrected chi connectivity index (χ0v) is 28.5. The van der Waals surface area contributed by atoms with E-state index >= 15 is 4.39 Å². The van der Waals surface area contributed by atoms with Crippen molar-refractivity contribution in [2.24, 2.45) is 4.99 Å². The van der Waals surface area contributed by atoms with Crippen LogP contribution in [0.4, 0.5) is 10.1 Å². The fraction of sp³-hybridized carbons (Fsp3) is 0.405. The van der Waals surface area contributed by atoms with Crippen LogP contribution in [0, 0.1) is 11.2 Å². The lowest BCUT2D eigenvalue weighted by Crippen LogP contribution is -2.34. The van der Waals surface area contributed by atoms with Crippen LogP contribution in [0.1, 0.15) is 113 Å². The van der Waals surface area contributed by atoms with Gasteiger partial charge in [0, 0.05) is 36.1 Å². The molecule has 1 aliphatic carbocycles. The molecule has 1 aliphatic heterocycles. The molecule has 1 N–H and O–H groups in total. The van der Waals surface area contributed by atoms with E-state index in [2.05, 4.69) is 75.0 Å². The fourth-order valence-electron chi connectivity index (χ4n) is 6.94. The Morgan fingerprint density at radius 3 is 2.57 bits per heavy atom. The third-order valence-electron chi connectivity index (χ3n) is 9.37. The number of unbranched alkanes of at least 4 members (excludes halogenated alkanes) is 2. The van der Waals surface area contributed by atoms with E-state index in [9.17, 15) is 0 Å². The second kappa shape index (κ2) is 17.1. The number of halogens is 1. The molecule has 0 spiro atoms. The number of allylic oxidation sites excluding steroid dienone is 6. The third-order valence-corrected chi connectivity index (χ3v) is 9.37. The van der Waals surface area contributed by atoms with Gasteiger partial charge in [0.25, 0.3) is 0 Å². The van der Waals surface area contributed by atoms with Crippen molar-refractivity contribution in [2.45, 2.75) is 104 Å². The Labute approximate surface area is 277 Å². The molecule has 0 aromatic heterocycles. The van der Waals surface area contributed by atoms with Gasteiger partial charge in [-0.1, -0.05) is 62.3 Å². The molecule has 1 fully saturated rings. The molecule has 3 nitrogen and oxygen atoms in total. The van der Waals surface area contributed by atoms with Crippen molar-refractivity contribution in [3.63, 3.8) is 0 Å². The van der Waals surface area contributed by atoms with Gasteiger partial charge in [0.2, 0.25) is 0 Å². The topological polar surface area (TPSA) is 39.5 Å². The van der Waals surface area contributed by atoms with Gasteiger partial charge in [-0.15, -0.1) is 5.73 Å². The fourth-order valence-corrected chi connectivity index (χ4v) is 6.94. The molecule has 0 amide bonds. The number of hydrogen-bond acceptors (Lipinski definition) is 3. The smallest absolute Gasteiger partial charge is 0.127 e. The number of fused-ring (bicyclic) bond motifs is 1. The van der Waals surface area contributed by atoms with E-state index < -0.39 is 0 Å². The normalized spacial score (nSPS) is 15.7. The van der Waals surface area contributed by atoms with Gasteiger partial charge in [-0.2, -0.15) is 0 Å². The monoisotopic (exact) mass is 617 g/mol. The summed E-state index contributed by atoms with van der Waals surface area (Å²) in [5, 5.41) is 8.92. The van der Waals surface area contributed by atoms with Gasteiger partial charge >= 0.3 is 0 Å². The highest BCUT2D eigenvalue weighted by molar-refractivity contribution is 6.15. The molecule has 1 heterocycles. The molecule has 4 rings (SSSR count). The molecule has 0 saturated heterocycles. The van der Waals surface area contributed by atoms with Gasteiger partial charge in [0.05, 0.1) is 11.4 Å². The summed E-state index contributed by atoms with van der Waals surface area (Å²) in [5.74, 6) is -0.170. The highest BCUT2D eigenvalue weighted by Gasteiger charge is 2.24. The van der Waals surface area contributed by atoms with E-state index in [1.54, 1.807) is 24.4 Å². The Bertz CT molecular complexity index is 1590. The number of aliphatic imine (C=N–C) groups is 1. The van der Waals surface area contributed by atoms with Gasteiger partial charge in [0.15, 0.2) is 0 Å². The highest BCUT2D eigenvalue weighted by atomic mass is 19.1. The van der Waals surface area contributed by atoms with Gasteiger partial charge in [-0.05, 0) is 137 Å². The van der Waals surface area contributed by atoms with E-state index in [0.717, 1.165) is 76.7 Å². The first-order chi connectivity index (χ1) is 22.3. The summed E-state index contributed by atoms with van der Waals surface area (Å²) in [4.78, 5) is 7.19. The quantitative estimate of drug-likeness (QED) is 0.109. The van der Waals surface area contributed by atoms with Crippen LogP contribution in [-0.4, -0.2) is 29.4 Å². The molecular formula is C42H52FN3. The Kier molecular flexibility index (Phi) is 12.9. The maximum Gasteiger partial charge on any atom is 0.127 e. The van der Waals surface area contributed by atoms with E-state index in [4.69, 9.17) is 10.4 Å². The SMILES string of the molecule is C=CC(=N)c1c(C(=CC)CCCCC=C(C)C)cc(-c2cc(F)c3c(c2)CC=C=CN(C2CCCCC2)CC3)c(C=C)c1N=CC. The van der Waals surface area contributed by atoms with Crippen molar-refractivity contribution in [2.75, 3.05) is 6.54 Å². The highest BCUT2D eigenvalue weighted by Crippen LogP contribution is 2.42. The lowest BCUT2D eigenvalue weighted by molar-refractivity contribution is 0.219. The van der Waals surface area contributed by atoms with Crippen LogP contribution in [0.5, 0.6) is 0 Å². The van der Waals surface area contributed by atoms with Crippen LogP contribution in [0.2, 0.25) is 0 Å². The number of nitrogens with one attached hydrogen (secondary N) is 1. The summed E-state index contributed by atoms with van der Waals surface area (Å²) < 4.78 is 16.2. The molecule has 0 unspecified atom stereocenters. The van der Waals surface area contributed by atoms with Gasteiger partial charge in [-0.25, -0.2) is 4.39 Å². The van der Waals surface area contributed by atoms with Gasteiger partial charge in [0.1, 0.15) is 5.82 Å². The largest absolute Gasteiger partial charge is 0.368 e. The minimum absolute atomic E-state index is 0.170. The van der Waals surface area contributed by atoms with Crippen molar-refractivity contribution >= 4 is 29.3 Å². The minimum atomic E-state index is -0.170. The minimum Gasteiger partial charge on any atom is -0.368 e. The summed E-state index contributed by atoms with van der Waals surface area (Å²) in [6, 6.07) is 6.48. The van der Waals surface area contributed by atoms with Gasteiger partial charge in [-0.3, -0.25) is 4.99 Å². The first-order valence-electron chi connectivity index (χ1n) is 17.1. The number of hydrogen-bond donors (Lipinski definition) is 1. The predicted molar refractivity (Wildman–Crippen MR) is 198 cm³/mol. The maximum atomic E-state index is 16.2. The summed E-state index contributed by atoms with van der Waals surface area (Å²) in [7, 11) is 0. The molecule has 1 saturated carbocycles. The Hall–Kier alpha value is -4.01. The average molecular weight is 618 g/mol. The molecule has 2 aromatic carbocycles. The van der Waals surface area contributed by atoms with Crippen molar-refractivity contribution in [1.29, 1.82) is 5.41 Å². The lowest BCUT2D eigenvalue weighted by Gasteiger charge is -2.33. The maximum absolute atomic E-state index is 16.2. The third kappa shape index (κ3) is 8.42. The van der Waals surface area contributed by atoms with Crippen molar-refractivity contribution in [3.8, 4) is 11.1 Å². The average Bonchev–Trinajstić information content (AvgIpc) is 3.17. The van der Waals surface area contributed by atoms with Crippen molar-refractivity contribution in [3.05, 3.63) is 107 Å². The molecular weight excluding hydrogens is 565 g/mol. The number of benzene rings is 2. The van der Waals surface area contributed by atoms with Crippen LogP contribution in [0.3, 0.4) is 0 Å². The Balaban J connectivity index is 1.82. The van der Waals surface area contributed by atoms with Gasteiger partial charge < -0.3 is 10.3 Å².